The van der Waals surface area contributed by atoms with Gasteiger partial charge in [0.05, 0.1) is 12.5 Å². The number of aliphatic hydroxyl groups is 1. The lowest BCUT2D eigenvalue weighted by Gasteiger charge is -2.29. The fourth-order valence-corrected chi connectivity index (χ4v) is 2.11. The first-order valence-corrected chi connectivity index (χ1v) is 6.61. The van der Waals surface area contributed by atoms with Gasteiger partial charge >= 0.3 is 6.18 Å². The number of β-amino-alcohol motifs (C(OH)–C–C–N with tert-alkyl or cyclic N) is 1. The van der Waals surface area contributed by atoms with Crippen LogP contribution in [0.3, 0.4) is 0 Å². The zero-order chi connectivity index (χ0) is 14.3. The summed E-state index contributed by atoms with van der Waals surface area (Å²) in [7, 11) is 0. The van der Waals surface area contributed by atoms with Crippen molar-refractivity contribution in [2.24, 2.45) is 0 Å². The molecule has 4 nitrogen and oxygen atoms in total. The van der Waals surface area contributed by atoms with Gasteiger partial charge in [0.2, 0.25) is 5.91 Å². The number of halogens is 3. The highest BCUT2D eigenvalue weighted by molar-refractivity contribution is 5.75. The third kappa shape index (κ3) is 8.05. The zero-order valence-corrected chi connectivity index (χ0v) is 10.9. The smallest absolute Gasteiger partial charge is 0.389 e. The molecular formula is C12H21F3N2O2. The molecule has 1 atom stereocenters. The molecule has 2 N–H and O–H groups in total. The molecule has 0 aromatic carbocycles. The lowest BCUT2D eigenvalue weighted by Crippen LogP contribution is -2.39. The van der Waals surface area contributed by atoms with E-state index in [9.17, 15) is 23.1 Å². The number of nitrogens with zero attached hydrogens (tertiary/aromatic N) is 1. The summed E-state index contributed by atoms with van der Waals surface area (Å²) in [6.07, 6.45) is -3.67. The van der Waals surface area contributed by atoms with Crippen LogP contribution in [0.15, 0.2) is 0 Å². The molecule has 0 aromatic rings. The maximum Gasteiger partial charge on any atom is 0.389 e. The molecule has 0 aliphatic carbocycles. The molecule has 1 amide bonds. The number of hydrogen-bond acceptors (Lipinski definition) is 3. The van der Waals surface area contributed by atoms with E-state index in [-0.39, 0.29) is 6.10 Å². The average Bonchev–Trinajstić information content (AvgIpc) is 2.31. The van der Waals surface area contributed by atoms with Gasteiger partial charge in [-0.2, -0.15) is 13.2 Å². The maximum absolute atomic E-state index is 11.9. The summed E-state index contributed by atoms with van der Waals surface area (Å²) in [6, 6.07) is 0. The second-order valence-corrected chi connectivity index (χ2v) is 4.92. The predicted molar refractivity (Wildman–Crippen MR) is 64.6 cm³/mol. The number of carbonyl (C=O) groups is 1. The lowest BCUT2D eigenvalue weighted by atomic mass is 10.1. The second-order valence-electron chi connectivity index (χ2n) is 4.92. The maximum atomic E-state index is 11.9. The summed E-state index contributed by atoms with van der Waals surface area (Å²) in [6.45, 7) is 2.70. The van der Waals surface area contributed by atoms with Gasteiger partial charge in [-0.15, -0.1) is 0 Å². The zero-order valence-electron chi connectivity index (χ0n) is 10.9. The highest BCUT2D eigenvalue weighted by Gasteiger charge is 2.27. The van der Waals surface area contributed by atoms with Crippen molar-refractivity contribution in [1.29, 1.82) is 0 Å². The van der Waals surface area contributed by atoms with Crippen LogP contribution in [0, 0.1) is 0 Å². The fourth-order valence-electron chi connectivity index (χ4n) is 2.11. The van der Waals surface area contributed by atoms with Crippen molar-refractivity contribution in [3.05, 3.63) is 0 Å². The van der Waals surface area contributed by atoms with Gasteiger partial charge in [0.1, 0.15) is 0 Å². The minimum atomic E-state index is -4.28. The first-order valence-electron chi connectivity index (χ1n) is 6.61. The Bertz CT molecular complexity index is 285. The average molecular weight is 282 g/mol. The summed E-state index contributed by atoms with van der Waals surface area (Å²) in [4.78, 5) is 13.2. The minimum Gasteiger partial charge on any atom is -0.392 e. The molecule has 1 aliphatic rings. The Kier molecular flexibility index (Phi) is 6.57. The summed E-state index contributed by atoms with van der Waals surface area (Å²) < 4.78 is 35.6. The number of piperidine rings is 1. The number of amides is 1. The number of nitrogens with one attached hydrogen (secondary N) is 1. The molecule has 112 valence electrons. The van der Waals surface area contributed by atoms with Crippen molar-refractivity contribution < 1.29 is 23.1 Å². The van der Waals surface area contributed by atoms with Gasteiger partial charge in [-0.1, -0.05) is 0 Å². The van der Waals surface area contributed by atoms with E-state index in [0.29, 0.717) is 19.5 Å². The molecule has 0 saturated carbocycles. The van der Waals surface area contributed by atoms with E-state index in [1.165, 1.54) is 0 Å². The van der Waals surface area contributed by atoms with Gasteiger partial charge in [-0.3, -0.25) is 4.79 Å². The molecule has 1 aliphatic heterocycles. The van der Waals surface area contributed by atoms with E-state index in [1.54, 1.807) is 0 Å². The molecule has 19 heavy (non-hydrogen) atoms. The molecule has 0 aromatic heterocycles. The van der Waals surface area contributed by atoms with Gasteiger partial charge in [-0.05, 0) is 32.4 Å². The molecule has 1 fully saturated rings. The predicted octanol–water partition coefficient (Wildman–Crippen LogP) is 1.29. The van der Waals surface area contributed by atoms with Gasteiger partial charge < -0.3 is 15.3 Å². The lowest BCUT2D eigenvalue weighted by molar-refractivity contribution is -0.144. The van der Waals surface area contributed by atoms with Gasteiger partial charge in [-0.25, -0.2) is 0 Å². The van der Waals surface area contributed by atoms with Crippen molar-refractivity contribution in [3.8, 4) is 0 Å². The molecule has 0 spiro atoms. The van der Waals surface area contributed by atoms with Crippen LogP contribution in [0.4, 0.5) is 13.2 Å². The van der Waals surface area contributed by atoms with Gasteiger partial charge in [0.25, 0.3) is 0 Å². The number of carbonyl (C=O) groups excluding carboxylic acids is 1. The molecule has 1 unspecified atom stereocenters. The van der Waals surface area contributed by atoms with Crippen molar-refractivity contribution in [2.75, 3.05) is 26.2 Å². The Labute approximate surface area is 111 Å². The number of aliphatic hydroxyl groups excluding tert-OH is 1. The van der Waals surface area contributed by atoms with Crippen LogP contribution in [-0.2, 0) is 4.79 Å². The molecule has 0 radical (unpaired) electrons. The number of rotatable bonds is 6. The topological polar surface area (TPSA) is 52.6 Å². The Morgan fingerprint density at radius 2 is 2.16 bits per heavy atom. The van der Waals surface area contributed by atoms with Crippen LogP contribution in [-0.4, -0.2) is 54.4 Å². The summed E-state index contributed by atoms with van der Waals surface area (Å²) in [5, 5.41) is 11.9. The largest absolute Gasteiger partial charge is 0.392 e. The van der Waals surface area contributed by atoms with Crippen LogP contribution in [0.1, 0.15) is 32.1 Å². The highest BCUT2D eigenvalue weighted by atomic mass is 19.4. The van der Waals surface area contributed by atoms with Gasteiger partial charge in [0.15, 0.2) is 0 Å². The SMILES string of the molecule is O=C(CCC(F)(F)F)NCCCN1CCCC(O)C1. The van der Waals surface area contributed by atoms with E-state index >= 15 is 0 Å². The summed E-state index contributed by atoms with van der Waals surface area (Å²) >= 11 is 0. The standard InChI is InChI=1S/C12H21F3N2O2/c13-12(14,15)5-4-11(19)16-6-2-8-17-7-1-3-10(18)9-17/h10,18H,1-9H2,(H,16,19). The van der Waals surface area contributed by atoms with Crippen LogP contribution in [0.5, 0.6) is 0 Å². The third-order valence-corrected chi connectivity index (χ3v) is 3.09. The van der Waals surface area contributed by atoms with Crippen LogP contribution in [0.2, 0.25) is 0 Å². The number of hydrogen-bond donors (Lipinski definition) is 2. The minimum absolute atomic E-state index is 0.282. The second kappa shape index (κ2) is 7.69. The quantitative estimate of drug-likeness (QED) is 0.722. The van der Waals surface area contributed by atoms with E-state index in [2.05, 4.69) is 10.2 Å². The van der Waals surface area contributed by atoms with E-state index in [1.807, 2.05) is 0 Å². The Balaban J connectivity index is 2.02. The molecule has 1 rings (SSSR count). The fraction of sp³-hybridized carbons (Fsp3) is 0.917. The Hall–Kier alpha value is -0.820. The summed E-state index contributed by atoms with van der Waals surface area (Å²) in [5.74, 6) is -0.559. The summed E-state index contributed by atoms with van der Waals surface area (Å²) in [5.41, 5.74) is 0. The molecule has 0 bridgehead atoms. The van der Waals surface area contributed by atoms with Crippen LogP contribution in [0.25, 0.3) is 0 Å². The third-order valence-electron chi connectivity index (χ3n) is 3.09. The van der Waals surface area contributed by atoms with Gasteiger partial charge in [0, 0.05) is 19.5 Å². The number of likely N-dealkylation sites (tertiary alicyclic amines) is 1. The molecule has 7 heteroatoms. The van der Waals surface area contributed by atoms with Crippen LogP contribution < -0.4 is 5.32 Å². The normalized spacial score (nSPS) is 21.4. The van der Waals surface area contributed by atoms with E-state index in [0.717, 1.165) is 25.9 Å². The molecule has 1 saturated heterocycles. The van der Waals surface area contributed by atoms with Crippen LogP contribution >= 0.6 is 0 Å². The van der Waals surface area contributed by atoms with Crippen molar-refractivity contribution in [2.45, 2.75) is 44.4 Å². The van der Waals surface area contributed by atoms with Crippen molar-refractivity contribution in [3.63, 3.8) is 0 Å². The Morgan fingerprint density at radius 3 is 2.79 bits per heavy atom. The Morgan fingerprint density at radius 1 is 1.42 bits per heavy atom. The van der Waals surface area contributed by atoms with E-state index < -0.39 is 24.9 Å². The first kappa shape index (κ1) is 16.2. The first-order chi connectivity index (χ1) is 8.87. The van der Waals surface area contributed by atoms with Crippen molar-refractivity contribution in [1.82, 2.24) is 10.2 Å². The van der Waals surface area contributed by atoms with Crippen molar-refractivity contribution >= 4 is 5.91 Å². The molecular weight excluding hydrogens is 261 g/mol. The van der Waals surface area contributed by atoms with E-state index in [4.69, 9.17) is 0 Å². The molecule has 1 heterocycles. The number of alkyl halides is 3. The monoisotopic (exact) mass is 282 g/mol. The highest BCUT2D eigenvalue weighted by Crippen LogP contribution is 2.20.